The van der Waals surface area contributed by atoms with Crippen molar-refractivity contribution in [2.45, 2.75) is 25.3 Å². The molecule has 1 fully saturated rings. The minimum atomic E-state index is 0.0983. The Hall–Kier alpha value is -1.35. The normalized spacial score (nSPS) is 24.1. The number of likely N-dealkylation sites (N-methyl/N-ethyl adjacent to an activating group) is 1. The number of rotatable bonds is 1. The molecule has 1 saturated heterocycles. The molecule has 0 N–H and O–H groups in total. The summed E-state index contributed by atoms with van der Waals surface area (Å²) < 4.78 is 0. The van der Waals surface area contributed by atoms with Crippen LogP contribution in [0.2, 0.25) is 0 Å². The zero-order chi connectivity index (χ0) is 11.8. The van der Waals surface area contributed by atoms with Crippen LogP contribution in [0.25, 0.3) is 0 Å². The van der Waals surface area contributed by atoms with Crippen LogP contribution in [0.4, 0.5) is 5.69 Å². The summed E-state index contributed by atoms with van der Waals surface area (Å²) in [5.41, 5.74) is 2.43. The molecule has 2 heterocycles. The molecule has 1 aromatic carbocycles. The van der Waals surface area contributed by atoms with E-state index in [0.29, 0.717) is 0 Å². The van der Waals surface area contributed by atoms with E-state index in [1.165, 1.54) is 5.56 Å². The Labute approximate surface area is 102 Å². The molecule has 0 radical (unpaired) electrons. The monoisotopic (exact) mass is 230 g/mol. The lowest BCUT2D eigenvalue weighted by atomic mass is 10.1. The number of hydrogen-bond acceptors (Lipinski definition) is 2. The van der Waals surface area contributed by atoms with E-state index < -0.39 is 0 Å². The van der Waals surface area contributed by atoms with Crippen LogP contribution in [-0.2, 0) is 11.2 Å². The van der Waals surface area contributed by atoms with Gasteiger partial charge < -0.3 is 4.90 Å². The summed E-state index contributed by atoms with van der Waals surface area (Å²) in [6.45, 7) is 1.90. The third kappa shape index (κ3) is 1.75. The van der Waals surface area contributed by atoms with Gasteiger partial charge >= 0.3 is 0 Å². The SMILES string of the molecule is CN1CCC[C@H]1C(=O)N1CCc2ccccc21. The summed E-state index contributed by atoms with van der Waals surface area (Å²) in [4.78, 5) is 16.7. The highest BCUT2D eigenvalue weighted by Crippen LogP contribution is 2.29. The second-order valence-corrected chi connectivity index (χ2v) is 5.01. The summed E-state index contributed by atoms with van der Waals surface area (Å²) in [7, 11) is 2.05. The number of para-hydroxylation sites is 1. The third-order valence-corrected chi connectivity index (χ3v) is 3.96. The molecule has 0 unspecified atom stereocenters. The first-order valence-corrected chi connectivity index (χ1v) is 6.37. The summed E-state index contributed by atoms with van der Waals surface area (Å²) in [6.07, 6.45) is 3.15. The van der Waals surface area contributed by atoms with Gasteiger partial charge in [0.1, 0.15) is 0 Å². The van der Waals surface area contributed by atoms with Crippen LogP contribution in [0, 0.1) is 0 Å². The summed E-state index contributed by atoms with van der Waals surface area (Å²) >= 11 is 0. The Kier molecular flexibility index (Phi) is 2.63. The number of carbonyl (C=O) groups excluding carboxylic acids is 1. The molecule has 3 nitrogen and oxygen atoms in total. The number of likely N-dealkylation sites (tertiary alicyclic amines) is 1. The van der Waals surface area contributed by atoms with Crippen LogP contribution in [0.3, 0.4) is 0 Å². The molecule has 0 spiro atoms. The van der Waals surface area contributed by atoms with Crippen LogP contribution in [-0.4, -0.2) is 37.0 Å². The van der Waals surface area contributed by atoms with E-state index >= 15 is 0 Å². The molecule has 1 aromatic rings. The number of anilines is 1. The standard InChI is InChI=1S/C14H18N2O/c1-15-9-4-7-13(15)14(17)16-10-8-11-5-2-3-6-12(11)16/h2-3,5-6,13H,4,7-10H2,1H3/t13-/m0/s1. The largest absolute Gasteiger partial charge is 0.310 e. The molecule has 0 aliphatic carbocycles. The zero-order valence-electron chi connectivity index (χ0n) is 10.2. The molecule has 90 valence electrons. The smallest absolute Gasteiger partial charge is 0.244 e. The first-order valence-electron chi connectivity index (χ1n) is 6.37. The Morgan fingerprint density at radius 3 is 2.88 bits per heavy atom. The van der Waals surface area contributed by atoms with Gasteiger partial charge in [-0.2, -0.15) is 0 Å². The molecule has 3 rings (SSSR count). The van der Waals surface area contributed by atoms with Crippen molar-refractivity contribution < 1.29 is 4.79 Å². The molecule has 2 aliphatic rings. The van der Waals surface area contributed by atoms with Crippen LogP contribution < -0.4 is 4.90 Å². The Bertz CT molecular complexity index is 444. The van der Waals surface area contributed by atoms with E-state index in [0.717, 1.165) is 38.0 Å². The van der Waals surface area contributed by atoms with E-state index in [9.17, 15) is 4.79 Å². The topological polar surface area (TPSA) is 23.6 Å². The number of hydrogen-bond donors (Lipinski definition) is 0. The summed E-state index contributed by atoms with van der Waals surface area (Å²) in [5, 5.41) is 0. The van der Waals surface area contributed by atoms with E-state index in [2.05, 4.69) is 30.1 Å². The molecule has 1 amide bonds. The van der Waals surface area contributed by atoms with Gasteiger partial charge in [0.25, 0.3) is 0 Å². The lowest BCUT2D eigenvalue weighted by Gasteiger charge is -2.25. The molecular formula is C14H18N2O. The van der Waals surface area contributed by atoms with Gasteiger partial charge in [-0.15, -0.1) is 0 Å². The Balaban J connectivity index is 1.84. The number of benzene rings is 1. The number of fused-ring (bicyclic) bond motifs is 1. The van der Waals surface area contributed by atoms with E-state index in [4.69, 9.17) is 0 Å². The Morgan fingerprint density at radius 1 is 1.29 bits per heavy atom. The number of carbonyl (C=O) groups is 1. The molecule has 0 saturated carbocycles. The highest BCUT2D eigenvalue weighted by atomic mass is 16.2. The van der Waals surface area contributed by atoms with Crippen LogP contribution >= 0.6 is 0 Å². The lowest BCUT2D eigenvalue weighted by molar-refractivity contribution is -0.122. The van der Waals surface area contributed by atoms with Crippen LogP contribution in [0.5, 0.6) is 0 Å². The van der Waals surface area contributed by atoms with Gasteiger partial charge in [-0.3, -0.25) is 9.69 Å². The van der Waals surface area contributed by atoms with Crippen LogP contribution in [0.1, 0.15) is 18.4 Å². The van der Waals surface area contributed by atoms with Gasteiger partial charge in [-0.05, 0) is 44.5 Å². The average molecular weight is 230 g/mol. The second-order valence-electron chi connectivity index (χ2n) is 5.01. The highest BCUT2D eigenvalue weighted by molar-refractivity contribution is 5.99. The van der Waals surface area contributed by atoms with E-state index in [1.54, 1.807) is 0 Å². The van der Waals surface area contributed by atoms with Gasteiger partial charge in [-0.25, -0.2) is 0 Å². The van der Waals surface area contributed by atoms with Crippen molar-refractivity contribution in [2.24, 2.45) is 0 Å². The second kappa shape index (κ2) is 4.15. The quantitative estimate of drug-likeness (QED) is 0.732. The average Bonchev–Trinajstić information content (AvgIpc) is 2.94. The molecule has 17 heavy (non-hydrogen) atoms. The molecule has 1 atom stereocenters. The van der Waals surface area contributed by atoms with E-state index in [1.807, 2.05) is 11.0 Å². The minimum absolute atomic E-state index is 0.0983. The molecule has 0 bridgehead atoms. The summed E-state index contributed by atoms with van der Waals surface area (Å²) in [6, 6.07) is 8.36. The number of amides is 1. The van der Waals surface area contributed by atoms with Gasteiger partial charge in [0.15, 0.2) is 0 Å². The third-order valence-electron chi connectivity index (χ3n) is 3.96. The van der Waals surface area contributed by atoms with E-state index in [-0.39, 0.29) is 11.9 Å². The van der Waals surface area contributed by atoms with Crippen molar-refractivity contribution in [3.63, 3.8) is 0 Å². The van der Waals surface area contributed by atoms with Gasteiger partial charge in [0.05, 0.1) is 6.04 Å². The molecule has 3 heteroatoms. The Morgan fingerprint density at radius 2 is 2.12 bits per heavy atom. The first-order chi connectivity index (χ1) is 8.27. The predicted octanol–water partition coefficient (Wildman–Crippen LogP) is 1.67. The van der Waals surface area contributed by atoms with Crippen molar-refractivity contribution >= 4 is 11.6 Å². The predicted molar refractivity (Wildman–Crippen MR) is 68.2 cm³/mol. The van der Waals surface area contributed by atoms with Gasteiger partial charge in [0, 0.05) is 12.2 Å². The maximum Gasteiger partial charge on any atom is 0.244 e. The van der Waals surface area contributed by atoms with Gasteiger partial charge in [0.2, 0.25) is 5.91 Å². The highest BCUT2D eigenvalue weighted by Gasteiger charge is 2.34. The van der Waals surface area contributed by atoms with Crippen molar-refractivity contribution in [2.75, 3.05) is 25.0 Å². The lowest BCUT2D eigenvalue weighted by Crippen LogP contribution is -2.43. The maximum atomic E-state index is 12.5. The first kappa shape index (κ1) is 10.8. The fourth-order valence-electron chi connectivity index (χ4n) is 2.97. The number of nitrogens with zero attached hydrogens (tertiary/aromatic N) is 2. The molecule has 2 aliphatic heterocycles. The van der Waals surface area contributed by atoms with Crippen molar-refractivity contribution in [3.8, 4) is 0 Å². The van der Waals surface area contributed by atoms with Crippen molar-refractivity contribution in [1.82, 2.24) is 4.90 Å². The molecular weight excluding hydrogens is 212 g/mol. The van der Waals surface area contributed by atoms with Crippen molar-refractivity contribution in [3.05, 3.63) is 29.8 Å². The molecule has 0 aromatic heterocycles. The maximum absolute atomic E-state index is 12.5. The fourth-order valence-corrected chi connectivity index (χ4v) is 2.97. The minimum Gasteiger partial charge on any atom is -0.310 e. The summed E-state index contributed by atoms with van der Waals surface area (Å²) in [5.74, 6) is 0.287. The van der Waals surface area contributed by atoms with Gasteiger partial charge in [-0.1, -0.05) is 18.2 Å². The van der Waals surface area contributed by atoms with Crippen molar-refractivity contribution in [1.29, 1.82) is 0 Å². The van der Waals surface area contributed by atoms with Crippen LogP contribution in [0.15, 0.2) is 24.3 Å². The zero-order valence-corrected chi connectivity index (χ0v) is 10.2. The fraction of sp³-hybridized carbons (Fsp3) is 0.500.